The fourth-order valence-electron chi connectivity index (χ4n) is 4.76. The number of anilines is 1. The van der Waals surface area contributed by atoms with Crippen LogP contribution in [0.3, 0.4) is 0 Å². The molecular weight excluding hydrogens is 470 g/mol. The summed E-state index contributed by atoms with van der Waals surface area (Å²) < 4.78 is 62.4. The molecule has 1 heterocycles. The molecule has 0 radical (unpaired) electrons. The molecule has 1 aliphatic carbocycles. The molecule has 1 N–H and O–H groups in total. The molecule has 35 heavy (non-hydrogen) atoms. The van der Waals surface area contributed by atoms with Crippen LogP contribution in [-0.2, 0) is 21.2 Å². The number of carbonyl (C=O) groups excluding carboxylic acids is 1. The number of aromatic nitrogens is 2. The number of nitrogens with zero attached hydrogens (tertiary/aromatic N) is 3. The number of carboxylic acid groups (broad SMARTS) is 1. The third-order valence-electron chi connectivity index (χ3n) is 6.26. The number of hydrogen-bond donors (Lipinski definition) is 1. The Hall–Kier alpha value is -3.24. The van der Waals surface area contributed by atoms with Crippen molar-refractivity contribution in [2.75, 3.05) is 4.90 Å². The van der Waals surface area contributed by atoms with Crippen LogP contribution < -0.4 is 4.90 Å². The van der Waals surface area contributed by atoms with Crippen molar-refractivity contribution in [3.8, 4) is 0 Å². The zero-order valence-corrected chi connectivity index (χ0v) is 20.0. The number of carboxylic acids is 1. The van der Waals surface area contributed by atoms with Gasteiger partial charge in [-0.1, -0.05) is 12.1 Å². The van der Waals surface area contributed by atoms with E-state index in [-0.39, 0.29) is 30.7 Å². The normalized spacial score (nSPS) is 22.7. The molecule has 1 aromatic carbocycles. The maximum Gasteiger partial charge on any atom is 0.435 e. The molecule has 1 aromatic heterocycles. The van der Waals surface area contributed by atoms with Gasteiger partial charge >= 0.3 is 18.2 Å². The molecule has 11 heteroatoms. The van der Waals surface area contributed by atoms with Crippen LogP contribution in [0, 0.1) is 18.2 Å². The van der Waals surface area contributed by atoms with E-state index in [1.54, 1.807) is 0 Å². The van der Waals surface area contributed by atoms with Gasteiger partial charge in [0.25, 0.3) is 0 Å². The number of halogens is 4. The van der Waals surface area contributed by atoms with Crippen LogP contribution >= 0.6 is 0 Å². The van der Waals surface area contributed by atoms with Crippen molar-refractivity contribution in [2.24, 2.45) is 5.41 Å². The average Bonchev–Trinajstić information content (AvgIpc) is 3.06. The first kappa shape index (κ1) is 26.4. The first-order valence-electron chi connectivity index (χ1n) is 11.0. The van der Waals surface area contributed by atoms with Crippen molar-refractivity contribution in [1.29, 1.82) is 0 Å². The number of amides is 1. The Balaban J connectivity index is 2.47. The van der Waals surface area contributed by atoms with Gasteiger partial charge in [0.2, 0.25) is 0 Å². The van der Waals surface area contributed by atoms with Gasteiger partial charge in [0.05, 0.1) is 22.8 Å². The van der Waals surface area contributed by atoms with E-state index < -0.39 is 52.0 Å². The molecular formula is C24H27F4N3O4. The summed E-state index contributed by atoms with van der Waals surface area (Å²) in [6.45, 7) is 7.18. The first-order chi connectivity index (χ1) is 16.0. The molecule has 2 atom stereocenters. The Morgan fingerprint density at radius 3 is 2.37 bits per heavy atom. The Kier molecular flexibility index (Phi) is 6.60. The van der Waals surface area contributed by atoms with E-state index in [2.05, 4.69) is 9.97 Å². The number of alkyl halides is 3. The molecule has 1 fully saturated rings. The molecule has 2 aromatic rings. The van der Waals surface area contributed by atoms with Crippen LogP contribution in [0.2, 0.25) is 0 Å². The lowest BCUT2D eigenvalue weighted by molar-refractivity contribution is -0.151. The summed E-state index contributed by atoms with van der Waals surface area (Å²) in [7, 11) is 0. The van der Waals surface area contributed by atoms with Gasteiger partial charge in [-0.2, -0.15) is 13.2 Å². The number of benzene rings is 1. The topological polar surface area (TPSA) is 92.6 Å². The molecule has 1 aliphatic rings. The summed E-state index contributed by atoms with van der Waals surface area (Å²) in [5, 5.41) is 10.3. The minimum Gasteiger partial charge on any atom is -0.481 e. The number of ether oxygens (including phenoxy) is 1. The quantitative estimate of drug-likeness (QED) is 0.533. The predicted molar refractivity (Wildman–Crippen MR) is 118 cm³/mol. The average molecular weight is 497 g/mol. The molecule has 1 amide bonds. The smallest absolute Gasteiger partial charge is 0.435 e. The van der Waals surface area contributed by atoms with Crippen LogP contribution in [0.1, 0.15) is 64.0 Å². The van der Waals surface area contributed by atoms with Gasteiger partial charge in [0.1, 0.15) is 17.2 Å². The van der Waals surface area contributed by atoms with E-state index >= 15 is 0 Å². The van der Waals surface area contributed by atoms with Gasteiger partial charge in [-0.3, -0.25) is 9.69 Å². The number of aliphatic carboxylic acids is 1. The Morgan fingerprint density at radius 2 is 1.83 bits per heavy atom. The minimum absolute atomic E-state index is 0.0201. The maximum absolute atomic E-state index is 14.4. The van der Waals surface area contributed by atoms with E-state index in [1.165, 1.54) is 46.8 Å². The third kappa shape index (κ3) is 4.68. The summed E-state index contributed by atoms with van der Waals surface area (Å²) in [5.41, 5.74) is -7.05. The highest BCUT2D eigenvalue weighted by Gasteiger charge is 2.64. The molecule has 0 aliphatic heterocycles. The number of rotatable bonds is 4. The lowest BCUT2D eigenvalue weighted by Gasteiger charge is -2.49. The van der Waals surface area contributed by atoms with Crippen LogP contribution in [-0.4, -0.2) is 32.7 Å². The highest BCUT2D eigenvalue weighted by molar-refractivity contribution is 5.93. The van der Waals surface area contributed by atoms with Crippen LogP contribution in [0.15, 0.2) is 30.5 Å². The zero-order valence-electron chi connectivity index (χ0n) is 20.0. The maximum atomic E-state index is 14.4. The van der Waals surface area contributed by atoms with Crippen molar-refractivity contribution >= 4 is 17.7 Å². The van der Waals surface area contributed by atoms with Crippen molar-refractivity contribution in [1.82, 2.24) is 9.97 Å². The molecule has 1 saturated carbocycles. The molecule has 0 unspecified atom stereocenters. The lowest BCUT2D eigenvalue weighted by atomic mass is 9.68. The lowest BCUT2D eigenvalue weighted by Crippen LogP contribution is -2.60. The molecule has 0 spiro atoms. The second-order valence-corrected chi connectivity index (χ2v) is 9.83. The molecule has 3 rings (SSSR count). The largest absolute Gasteiger partial charge is 0.481 e. The summed E-state index contributed by atoms with van der Waals surface area (Å²) in [6.07, 6.45) is -5.21. The van der Waals surface area contributed by atoms with Gasteiger partial charge in [-0.15, -0.1) is 0 Å². The van der Waals surface area contributed by atoms with Gasteiger partial charge in [0, 0.05) is 0 Å². The highest BCUT2D eigenvalue weighted by Crippen LogP contribution is 2.58. The third-order valence-corrected chi connectivity index (χ3v) is 6.26. The van der Waals surface area contributed by atoms with Gasteiger partial charge in [-0.05, 0) is 71.6 Å². The molecule has 0 bridgehead atoms. The van der Waals surface area contributed by atoms with E-state index in [9.17, 15) is 32.3 Å². The SMILES string of the molecule is Cc1ncc(N(C(=O)OC(C)(C)C)[C@@]2(c3cccc(F)c3)CCC[C@]2(C)C(=O)O)c(C(F)(F)F)n1. The monoisotopic (exact) mass is 497 g/mol. The van der Waals surface area contributed by atoms with Crippen molar-refractivity contribution < 1.29 is 37.0 Å². The number of aryl methyl sites for hydroxylation is 1. The van der Waals surface area contributed by atoms with E-state index in [1.807, 2.05) is 0 Å². The van der Waals surface area contributed by atoms with Crippen molar-refractivity contribution in [2.45, 2.75) is 71.2 Å². The number of carbonyl (C=O) groups is 2. The minimum atomic E-state index is -5.01. The highest BCUT2D eigenvalue weighted by atomic mass is 19.4. The fourth-order valence-corrected chi connectivity index (χ4v) is 4.76. The van der Waals surface area contributed by atoms with Crippen molar-refractivity contribution in [3.63, 3.8) is 0 Å². The molecule has 7 nitrogen and oxygen atoms in total. The predicted octanol–water partition coefficient (Wildman–Crippen LogP) is 5.85. The summed E-state index contributed by atoms with van der Waals surface area (Å²) in [5.74, 6) is -2.28. The van der Waals surface area contributed by atoms with Gasteiger partial charge in [-0.25, -0.2) is 19.2 Å². The molecule has 190 valence electrons. The van der Waals surface area contributed by atoms with Crippen LogP contribution in [0.25, 0.3) is 0 Å². The van der Waals surface area contributed by atoms with Gasteiger partial charge in [0.15, 0.2) is 5.69 Å². The Labute approximate surface area is 200 Å². The standard InChI is InChI=1S/C24H27F4N3O4/c1-14-29-13-17(18(30-14)24(26,27)28)31(20(34)35-21(2,3)4)23(15-8-6-9-16(25)12-15)11-7-10-22(23,5)19(32)33/h6,8-9,12-13H,7,10-11H2,1-5H3,(H,32,33)/t22-,23-/m1/s1. The van der Waals surface area contributed by atoms with Crippen LogP contribution in [0.4, 0.5) is 28.0 Å². The molecule has 0 saturated heterocycles. The van der Waals surface area contributed by atoms with Crippen molar-refractivity contribution in [3.05, 3.63) is 53.4 Å². The first-order valence-corrected chi connectivity index (χ1v) is 11.0. The second-order valence-electron chi connectivity index (χ2n) is 9.83. The summed E-state index contributed by atoms with van der Waals surface area (Å²) in [6, 6.07) is 4.87. The van der Waals surface area contributed by atoms with E-state index in [4.69, 9.17) is 4.74 Å². The van der Waals surface area contributed by atoms with Gasteiger partial charge < -0.3 is 9.84 Å². The van der Waals surface area contributed by atoms with E-state index in [0.29, 0.717) is 4.90 Å². The van der Waals surface area contributed by atoms with E-state index in [0.717, 1.165) is 18.3 Å². The number of hydrogen-bond acceptors (Lipinski definition) is 5. The Morgan fingerprint density at radius 1 is 1.17 bits per heavy atom. The second kappa shape index (κ2) is 8.76. The zero-order chi connectivity index (χ0) is 26.4. The summed E-state index contributed by atoms with van der Waals surface area (Å²) in [4.78, 5) is 34.4. The Bertz CT molecular complexity index is 1150. The van der Waals surface area contributed by atoms with Crippen LogP contribution in [0.5, 0.6) is 0 Å². The fraction of sp³-hybridized carbons (Fsp3) is 0.500. The summed E-state index contributed by atoms with van der Waals surface area (Å²) >= 11 is 0.